The number of hydrogen-bond donors (Lipinski definition) is 0. The van der Waals surface area contributed by atoms with Gasteiger partial charge >= 0.3 is 70.5 Å². The van der Waals surface area contributed by atoms with Crippen LogP contribution >= 0.6 is 0 Å². The number of rotatable bonds is 2. The molecular weight excluding hydrogens is 381 g/mol. The summed E-state index contributed by atoms with van der Waals surface area (Å²) in [7, 11) is 0. The predicted molar refractivity (Wildman–Crippen MR) is 85.7 cm³/mol. The summed E-state index contributed by atoms with van der Waals surface area (Å²) in [4.78, 5) is 31.6. The van der Waals surface area contributed by atoms with Gasteiger partial charge in [-0.05, 0) is 41.5 Å². The molecule has 0 N–H and O–H groups in total. The van der Waals surface area contributed by atoms with Gasteiger partial charge in [-0.1, -0.05) is 0 Å². The van der Waals surface area contributed by atoms with E-state index >= 15 is 0 Å². The van der Waals surface area contributed by atoms with Gasteiger partial charge < -0.3 is 22.4 Å². The minimum atomic E-state index is -5.46. The SMILES string of the molecule is CC(C)(C)OC(=O)N(C(=O)OC(C)(C)C)c1cncc([B-](F)(F)F)n1.[K+]. The molecule has 0 unspecified atom stereocenters. The fourth-order valence-electron chi connectivity index (χ4n) is 1.51. The van der Waals surface area contributed by atoms with Crippen molar-refractivity contribution in [1.29, 1.82) is 0 Å². The van der Waals surface area contributed by atoms with Crippen LogP contribution in [0.25, 0.3) is 0 Å². The van der Waals surface area contributed by atoms with Crippen molar-refractivity contribution in [2.24, 2.45) is 0 Å². The minimum absolute atomic E-state index is 0. The van der Waals surface area contributed by atoms with Crippen molar-refractivity contribution in [3.05, 3.63) is 12.4 Å². The number of anilines is 1. The van der Waals surface area contributed by atoms with Crippen molar-refractivity contribution in [2.45, 2.75) is 52.7 Å². The van der Waals surface area contributed by atoms with Crippen molar-refractivity contribution in [1.82, 2.24) is 9.97 Å². The third kappa shape index (κ3) is 8.34. The zero-order valence-electron chi connectivity index (χ0n) is 15.8. The van der Waals surface area contributed by atoms with E-state index in [-0.39, 0.29) is 56.3 Å². The van der Waals surface area contributed by atoms with Crippen molar-refractivity contribution in [3.8, 4) is 0 Å². The molecule has 1 heterocycles. The molecule has 140 valence electrons. The Hall–Kier alpha value is -0.689. The van der Waals surface area contributed by atoms with Gasteiger partial charge in [0.1, 0.15) is 11.2 Å². The third-order valence-electron chi connectivity index (χ3n) is 2.36. The van der Waals surface area contributed by atoms with Gasteiger partial charge in [-0.15, -0.1) is 0 Å². The van der Waals surface area contributed by atoms with E-state index in [9.17, 15) is 22.5 Å². The van der Waals surface area contributed by atoms with Gasteiger partial charge in [0, 0.05) is 11.8 Å². The van der Waals surface area contributed by atoms with Crippen LogP contribution in [0.4, 0.5) is 28.4 Å². The van der Waals surface area contributed by atoms with Crippen molar-refractivity contribution >= 4 is 30.6 Å². The molecule has 26 heavy (non-hydrogen) atoms. The maximum Gasteiger partial charge on any atom is 1.00 e. The molecule has 0 aliphatic rings. The van der Waals surface area contributed by atoms with Crippen LogP contribution in [0, 0.1) is 0 Å². The van der Waals surface area contributed by atoms with Crippen molar-refractivity contribution in [2.75, 3.05) is 4.90 Å². The fraction of sp³-hybridized carbons (Fsp3) is 0.571. The Morgan fingerprint density at radius 1 is 0.962 bits per heavy atom. The van der Waals surface area contributed by atoms with Gasteiger partial charge in [-0.3, -0.25) is 9.97 Å². The number of imide groups is 1. The number of amides is 2. The summed E-state index contributed by atoms with van der Waals surface area (Å²) in [6, 6.07) is 0. The molecule has 1 rings (SSSR count). The van der Waals surface area contributed by atoms with E-state index in [0.717, 1.165) is 6.20 Å². The summed E-state index contributed by atoms with van der Waals surface area (Å²) in [6.07, 6.45) is -1.09. The number of nitrogens with zero attached hydrogens (tertiary/aromatic N) is 3. The molecule has 0 aliphatic carbocycles. The number of aromatic nitrogens is 2. The summed E-state index contributed by atoms with van der Waals surface area (Å²) in [5.41, 5.74) is -3.28. The van der Waals surface area contributed by atoms with Gasteiger partial charge in [-0.25, -0.2) is 9.59 Å². The smallest absolute Gasteiger partial charge is 0.444 e. The summed E-state index contributed by atoms with van der Waals surface area (Å²) in [5.74, 6) is -0.639. The van der Waals surface area contributed by atoms with E-state index < -0.39 is 41.8 Å². The van der Waals surface area contributed by atoms with E-state index in [2.05, 4.69) is 9.97 Å². The van der Waals surface area contributed by atoms with Crippen LogP contribution < -0.4 is 61.9 Å². The molecule has 0 saturated carbocycles. The van der Waals surface area contributed by atoms with Crippen LogP contribution in [0.15, 0.2) is 12.4 Å². The Morgan fingerprint density at radius 3 is 1.73 bits per heavy atom. The Balaban J connectivity index is 0.00000625. The molecule has 7 nitrogen and oxygen atoms in total. The molecule has 1 aromatic heterocycles. The molecule has 2 amide bonds. The standard InChI is InChI=1S/C14H20BF3N3O4.K/c1-13(2,3)24-11(22)21(12(23)25-14(4,5)6)10-8-19-7-9(20-10)15(16,17)18;/h7-8H,1-6H3;/q-1;+1. The second kappa shape index (κ2) is 9.00. The topological polar surface area (TPSA) is 81.6 Å². The number of carbonyl (C=O) groups is 2. The number of ether oxygens (including phenoxy) is 2. The van der Waals surface area contributed by atoms with Crippen LogP contribution in [0.2, 0.25) is 0 Å². The molecule has 0 aliphatic heterocycles. The molecule has 1 aromatic rings. The molecule has 0 spiro atoms. The van der Waals surface area contributed by atoms with Crippen molar-refractivity contribution < 1.29 is 83.4 Å². The Labute approximate surface area is 192 Å². The molecule has 0 bridgehead atoms. The normalized spacial score (nSPS) is 12.0. The Bertz CT molecular complexity index is 632. The first-order valence-electron chi connectivity index (χ1n) is 7.38. The molecular formula is C14H20BF3KN3O4. The maximum absolute atomic E-state index is 12.9. The van der Waals surface area contributed by atoms with Crippen LogP contribution in [-0.2, 0) is 9.47 Å². The van der Waals surface area contributed by atoms with Crippen LogP contribution in [0.5, 0.6) is 0 Å². The number of hydrogen-bond acceptors (Lipinski definition) is 6. The van der Waals surface area contributed by atoms with Crippen molar-refractivity contribution in [3.63, 3.8) is 0 Å². The minimum Gasteiger partial charge on any atom is -0.444 e. The van der Waals surface area contributed by atoms with Gasteiger partial charge in [-0.2, -0.15) is 4.90 Å². The van der Waals surface area contributed by atoms with Gasteiger partial charge in [0.2, 0.25) is 0 Å². The first-order valence-corrected chi connectivity index (χ1v) is 7.38. The summed E-state index contributed by atoms with van der Waals surface area (Å²) in [6.45, 7) is 3.78. The average molecular weight is 401 g/mol. The molecule has 0 fully saturated rings. The van der Waals surface area contributed by atoms with E-state index in [1.807, 2.05) is 0 Å². The largest absolute Gasteiger partial charge is 1.00 e. The monoisotopic (exact) mass is 401 g/mol. The second-order valence-electron chi connectivity index (χ2n) is 7.17. The van der Waals surface area contributed by atoms with E-state index in [1.165, 1.54) is 0 Å². The molecule has 0 atom stereocenters. The molecule has 0 radical (unpaired) electrons. The van der Waals surface area contributed by atoms with Gasteiger partial charge in [0.15, 0.2) is 5.82 Å². The van der Waals surface area contributed by atoms with Gasteiger partial charge in [0.05, 0.1) is 6.20 Å². The Morgan fingerprint density at radius 2 is 1.38 bits per heavy atom. The zero-order chi connectivity index (χ0) is 19.6. The summed E-state index contributed by atoms with van der Waals surface area (Å²) < 4.78 is 48.8. The second-order valence-corrected chi connectivity index (χ2v) is 7.17. The first-order chi connectivity index (χ1) is 11.1. The van der Waals surface area contributed by atoms with E-state index in [0.29, 0.717) is 6.20 Å². The molecule has 12 heteroatoms. The van der Waals surface area contributed by atoms with E-state index in [4.69, 9.17) is 9.47 Å². The van der Waals surface area contributed by atoms with Crippen LogP contribution in [0.1, 0.15) is 41.5 Å². The fourth-order valence-corrected chi connectivity index (χ4v) is 1.51. The van der Waals surface area contributed by atoms with Crippen LogP contribution in [-0.4, -0.2) is 40.3 Å². The number of carbonyl (C=O) groups excluding carboxylic acids is 2. The first kappa shape index (κ1) is 25.3. The molecule has 0 saturated heterocycles. The predicted octanol–water partition coefficient (Wildman–Crippen LogP) is 0.212. The maximum atomic E-state index is 12.9. The number of halogens is 3. The summed E-state index contributed by atoms with van der Waals surface area (Å²) in [5, 5.41) is 0. The van der Waals surface area contributed by atoms with Gasteiger partial charge in [0.25, 0.3) is 0 Å². The molecule has 0 aromatic carbocycles. The zero-order valence-corrected chi connectivity index (χ0v) is 19.0. The average Bonchev–Trinajstić information content (AvgIpc) is 2.33. The summed E-state index contributed by atoms with van der Waals surface area (Å²) >= 11 is 0. The van der Waals surface area contributed by atoms with Crippen LogP contribution in [0.3, 0.4) is 0 Å². The van der Waals surface area contributed by atoms with E-state index in [1.54, 1.807) is 41.5 Å². The Kier molecular flexibility index (Phi) is 8.76. The quantitative estimate of drug-likeness (QED) is 0.660. The third-order valence-corrected chi connectivity index (χ3v) is 2.36.